The molecule has 2 N–H and O–H groups in total. The smallest absolute Gasteiger partial charge is 0.405 e. The Bertz CT molecular complexity index is 1200. The fourth-order valence-corrected chi connectivity index (χ4v) is 7.65. The molecule has 4 heteroatoms. The van der Waals surface area contributed by atoms with Gasteiger partial charge in [-0.1, -0.05) is 67.5 Å². The molecule has 3 fully saturated rings. The topological polar surface area (TPSA) is 44.5 Å². The second kappa shape index (κ2) is 7.85. The predicted octanol–water partition coefficient (Wildman–Crippen LogP) is 6.78. The van der Waals surface area contributed by atoms with E-state index >= 15 is 0 Å². The lowest BCUT2D eigenvalue weighted by atomic mass is 9.55. The van der Waals surface area contributed by atoms with Gasteiger partial charge in [0.25, 0.3) is 0 Å². The summed E-state index contributed by atoms with van der Waals surface area (Å²) in [6.45, 7) is 8.28. The standard InChI is InChI=1S/C31H38BNO2/c1-28(2)29(3,4)35-32(34-28)23(21-33)11-7-10-22-14-15-25-24-12-5-6-13-26(24)30-16-8-18-31(30,19-9-17-30)27(25)20-22/h5-7,11-15,20-21H,8-10,16-19,33H2,1-4H3/b11-7-,23-21+. The molecule has 35 heavy (non-hydrogen) atoms. The molecule has 0 amide bonds. The van der Waals surface area contributed by atoms with Crippen molar-refractivity contribution < 1.29 is 9.31 Å². The molecule has 2 saturated carbocycles. The SMILES string of the molecule is CC1(C)OB(C(/C=C\Cc2ccc3c(c2)C24CCCC2(CCC4)c2ccccc2-3)=C/N)OC1(C)C. The molecule has 0 bridgehead atoms. The molecule has 1 aliphatic heterocycles. The second-order valence-electron chi connectivity index (χ2n) is 12.2. The van der Waals surface area contributed by atoms with Gasteiger partial charge in [0.15, 0.2) is 0 Å². The van der Waals surface area contributed by atoms with E-state index in [1.165, 1.54) is 55.2 Å². The zero-order valence-electron chi connectivity index (χ0n) is 21.7. The maximum atomic E-state index is 6.20. The molecule has 3 nitrogen and oxygen atoms in total. The van der Waals surface area contributed by atoms with Crippen LogP contribution < -0.4 is 5.73 Å². The van der Waals surface area contributed by atoms with Crippen molar-refractivity contribution >= 4 is 7.12 Å². The highest BCUT2D eigenvalue weighted by Gasteiger charge is 2.62. The molecule has 3 aliphatic carbocycles. The zero-order valence-corrected chi connectivity index (χ0v) is 21.7. The van der Waals surface area contributed by atoms with Crippen molar-refractivity contribution in [3.05, 3.63) is 83.0 Å². The summed E-state index contributed by atoms with van der Waals surface area (Å²) < 4.78 is 12.4. The lowest BCUT2D eigenvalue weighted by molar-refractivity contribution is 0.00578. The van der Waals surface area contributed by atoms with Crippen molar-refractivity contribution in [3.63, 3.8) is 0 Å². The average molecular weight is 467 g/mol. The van der Waals surface area contributed by atoms with Gasteiger partial charge in [0.1, 0.15) is 0 Å². The first-order chi connectivity index (χ1) is 16.7. The van der Waals surface area contributed by atoms with E-state index in [2.05, 4.69) is 82.3 Å². The molecule has 4 aliphatic rings. The lowest BCUT2D eigenvalue weighted by Crippen LogP contribution is -2.43. The Balaban J connectivity index is 1.30. The van der Waals surface area contributed by atoms with E-state index in [1.54, 1.807) is 17.3 Å². The van der Waals surface area contributed by atoms with Crippen molar-refractivity contribution in [2.24, 2.45) is 5.73 Å². The Kier molecular flexibility index (Phi) is 5.19. The van der Waals surface area contributed by atoms with Gasteiger partial charge in [-0.3, -0.25) is 0 Å². The van der Waals surface area contributed by atoms with Crippen LogP contribution in [0.3, 0.4) is 0 Å². The summed E-state index contributed by atoms with van der Waals surface area (Å²) in [5.41, 5.74) is 14.3. The second-order valence-corrected chi connectivity index (χ2v) is 12.2. The minimum Gasteiger partial charge on any atom is -0.405 e. The molecule has 0 atom stereocenters. The average Bonchev–Trinajstić information content (AvgIpc) is 3.45. The van der Waals surface area contributed by atoms with Crippen molar-refractivity contribution in [2.45, 2.75) is 94.7 Å². The fourth-order valence-electron chi connectivity index (χ4n) is 7.65. The predicted molar refractivity (Wildman–Crippen MR) is 144 cm³/mol. The van der Waals surface area contributed by atoms with Gasteiger partial charge in [-0.2, -0.15) is 0 Å². The Hall–Kier alpha value is -2.30. The molecule has 182 valence electrons. The Morgan fingerprint density at radius 3 is 2.11 bits per heavy atom. The van der Waals surface area contributed by atoms with Crippen LogP contribution in [0.15, 0.2) is 66.3 Å². The number of allylic oxidation sites excluding steroid dienone is 3. The Morgan fingerprint density at radius 2 is 1.46 bits per heavy atom. The van der Waals surface area contributed by atoms with Gasteiger partial charge in [-0.15, -0.1) is 0 Å². The first kappa shape index (κ1) is 23.1. The molecule has 0 unspecified atom stereocenters. The number of nitrogens with two attached hydrogens (primary N) is 1. The third-order valence-electron chi connectivity index (χ3n) is 10.0. The number of benzene rings is 2. The monoisotopic (exact) mass is 467 g/mol. The summed E-state index contributed by atoms with van der Waals surface area (Å²) in [7, 11) is -0.433. The molecule has 1 saturated heterocycles. The number of fused-ring (bicyclic) bond motifs is 3. The van der Waals surface area contributed by atoms with Gasteiger partial charge in [0.2, 0.25) is 0 Å². The van der Waals surface area contributed by atoms with Crippen LogP contribution in [0.4, 0.5) is 0 Å². The molecular formula is C31H38BNO2. The maximum Gasteiger partial charge on any atom is 0.496 e. The van der Waals surface area contributed by atoms with Crippen LogP contribution in [-0.2, 0) is 26.6 Å². The van der Waals surface area contributed by atoms with Crippen LogP contribution in [0, 0.1) is 0 Å². The van der Waals surface area contributed by atoms with Crippen LogP contribution in [0.5, 0.6) is 0 Å². The van der Waals surface area contributed by atoms with Gasteiger partial charge in [-0.05, 0) is 99.3 Å². The highest BCUT2D eigenvalue weighted by atomic mass is 16.7. The minimum atomic E-state index is -0.433. The van der Waals surface area contributed by atoms with E-state index in [0.29, 0.717) is 10.8 Å². The third-order valence-corrected chi connectivity index (χ3v) is 10.0. The van der Waals surface area contributed by atoms with Gasteiger partial charge >= 0.3 is 7.12 Å². The van der Waals surface area contributed by atoms with Gasteiger partial charge in [0.05, 0.1) is 11.2 Å². The minimum absolute atomic E-state index is 0.321. The maximum absolute atomic E-state index is 6.20. The number of rotatable bonds is 4. The molecule has 0 radical (unpaired) electrons. The molecule has 6 rings (SSSR count). The fraction of sp³-hybridized carbons (Fsp3) is 0.484. The van der Waals surface area contributed by atoms with Crippen molar-refractivity contribution in [1.82, 2.24) is 0 Å². The zero-order chi connectivity index (χ0) is 24.5. The van der Waals surface area contributed by atoms with E-state index in [-0.39, 0.29) is 11.2 Å². The molecule has 1 heterocycles. The molecular weight excluding hydrogens is 429 g/mol. The number of hydrogen-bond acceptors (Lipinski definition) is 3. The van der Waals surface area contributed by atoms with Crippen LogP contribution in [0.2, 0.25) is 0 Å². The Morgan fingerprint density at radius 1 is 0.857 bits per heavy atom. The van der Waals surface area contributed by atoms with Crippen molar-refractivity contribution in [2.75, 3.05) is 0 Å². The summed E-state index contributed by atoms with van der Waals surface area (Å²) >= 11 is 0. The van der Waals surface area contributed by atoms with E-state index in [1.807, 2.05) is 0 Å². The first-order valence-corrected chi connectivity index (χ1v) is 13.4. The van der Waals surface area contributed by atoms with E-state index in [4.69, 9.17) is 15.0 Å². The highest BCUT2D eigenvalue weighted by molar-refractivity contribution is 6.55. The van der Waals surface area contributed by atoms with Crippen LogP contribution in [0.25, 0.3) is 11.1 Å². The third kappa shape index (κ3) is 3.19. The van der Waals surface area contributed by atoms with Gasteiger partial charge in [-0.25, -0.2) is 0 Å². The molecule has 0 spiro atoms. The first-order valence-electron chi connectivity index (χ1n) is 13.4. The molecule has 2 aromatic rings. The Labute approximate surface area is 210 Å². The molecule has 2 aromatic carbocycles. The summed E-state index contributed by atoms with van der Waals surface area (Å²) in [6, 6.07) is 16.5. The van der Waals surface area contributed by atoms with E-state index < -0.39 is 7.12 Å². The van der Waals surface area contributed by atoms with Crippen LogP contribution in [0.1, 0.15) is 82.9 Å². The summed E-state index contributed by atoms with van der Waals surface area (Å²) in [5, 5.41) is 0. The van der Waals surface area contributed by atoms with E-state index in [0.717, 1.165) is 11.9 Å². The van der Waals surface area contributed by atoms with Gasteiger partial charge in [0, 0.05) is 10.8 Å². The number of hydrogen-bond donors (Lipinski definition) is 1. The van der Waals surface area contributed by atoms with E-state index in [9.17, 15) is 0 Å². The normalized spacial score (nSPS) is 30.3. The quantitative estimate of drug-likeness (QED) is 0.398. The summed E-state index contributed by atoms with van der Waals surface area (Å²) in [5.74, 6) is 0. The lowest BCUT2D eigenvalue weighted by Gasteiger charge is -2.48. The largest absolute Gasteiger partial charge is 0.496 e. The molecule has 0 aromatic heterocycles. The van der Waals surface area contributed by atoms with Crippen molar-refractivity contribution in [1.29, 1.82) is 0 Å². The van der Waals surface area contributed by atoms with Crippen LogP contribution >= 0.6 is 0 Å². The highest BCUT2D eigenvalue weighted by Crippen LogP contribution is 2.69. The van der Waals surface area contributed by atoms with Gasteiger partial charge < -0.3 is 15.0 Å². The summed E-state index contributed by atoms with van der Waals surface area (Å²) in [6.07, 6.45) is 14.8. The summed E-state index contributed by atoms with van der Waals surface area (Å²) in [4.78, 5) is 0. The van der Waals surface area contributed by atoms with Crippen LogP contribution in [-0.4, -0.2) is 18.3 Å². The van der Waals surface area contributed by atoms with Crippen molar-refractivity contribution in [3.8, 4) is 11.1 Å².